The molecule has 0 aliphatic rings. The summed E-state index contributed by atoms with van der Waals surface area (Å²) in [6.07, 6.45) is -11.3. The van der Waals surface area contributed by atoms with Gasteiger partial charge in [0, 0.05) is 10.6 Å². The molecule has 0 heterocycles. The van der Waals surface area contributed by atoms with Crippen LogP contribution in [0.25, 0.3) is 0 Å². The lowest BCUT2D eigenvalue weighted by Gasteiger charge is -2.16. The second-order valence-electron chi connectivity index (χ2n) is 6.70. The number of nitrogens with one attached hydrogen (secondary N) is 1. The van der Waals surface area contributed by atoms with Gasteiger partial charge in [-0.15, -0.1) is 0 Å². The number of benzene rings is 2. The summed E-state index contributed by atoms with van der Waals surface area (Å²) in [5.41, 5.74) is -3.74. The summed E-state index contributed by atoms with van der Waals surface area (Å²) in [6.45, 7) is 0. The molecule has 0 saturated heterocycles. The van der Waals surface area contributed by atoms with Crippen LogP contribution < -0.4 is 5.32 Å². The van der Waals surface area contributed by atoms with Gasteiger partial charge in [-0.1, -0.05) is 18.2 Å². The molecule has 0 saturated carbocycles. The third-order valence-electron chi connectivity index (χ3n) is 4.24. The summed E-state index contributed by atoms with van der Waals surface area (Å²) in [5.74, 6) is -2.71. The fourth-order valence-electron chi connectivity index (χ4n) is 2.72. The van der Waals surface area contributed by atoms with Crippen molar-refractivity contribution in [3.63, 3.8) is 0 Å². The molecule has 2 aromatic rings. The van der Waals surface area contributed by atoms with Gasteiger partial charge in [-0.3, -0.25) is 9.00 Å². The van der Waals surface area contributed by atoms with E-state index in [0.717, 1.165) is 0 Å². The number of carboxylic acids is 1. The molecule has 0 radical (unpaired) electrons. The fraction of sp³-hybridized carbons (Fsp3) is 0.300. The Kier molecular flexibility index (Phi) is 8.05. The van der Waals surface area contributed by atoms with E-state index in [2.05, 4.69) is 5.32 Å². The minimum atomic E-state index is -5.07. The number of amides is 1. The SMILES string of the molecule is O=C(Cc1cc(C(F)(F)F)cc(C(F)(F)F)c1)N[C@@H](CC[S@@](=O)c1ccccc1)C(=O)O. The average Bonchev–Trinajstić information content (AvgIpc) is 2.69. The van der Waals surface area contributed by atoms with Gasteiger partial charge in [0.15, 0.2) is 0 Å². The molecule has 2 atom stereocenters. The monoisotopic (exact) mass is 481 g/mol. The van der Waals surface area contributed by atoms with E-state index in [0.29, 0.717) is 17.0 Å². The molecule has 5 nitrogen and oxygen atoms in total. The van der Waals surface area contributed by atoms with Crippen LogP contribution in [0, 0.1) is 0 Å². The van der Waals surface area contributed by atoms with Crippen LogP contribution in [0.2, 0.25) is 0 Å². The van der Waals surface area contributed by atoms with E-state index in [1.807, 2.05) is 0 Å². The Balaban J connectivity index is 2.11. The Morgan fingerprint density at radius 3 is 1.94 bits per heavy atom. The molecule has 0 spiro atoms. The van der Waals surface area contributed by atoms with Gasteiger partial charge < -0.3 is 10.4 Å². The van der Waals surface area contributed by atoms with Crippen molar-refractivity contribution in [1.29, 1.82) is 0 Å². The second kappa shape index (κ2) is 10.2. The highest BCUT2D eigenvalue weighted by atomic mass is 32.2. The highest BCUT2D eigenvalue weighted by molar-refractivity contribution is 7.85. The number of carbonyl (C=O) groups excluding carboxylic acids is 1. The maximum Gasteiger partial charge on any atom is 0.416 e. The van der Waals surface area contributed by atoms with E-state index in [-0.39, 0.29) is 18.2 Å². The van der Waals surface area contributed by atoms with Crippen molar-refractivity contribution in [2.45, 2.75) is 36.1 Å². The van der Waals surface area contributed by atoms with E-state index in [1.165, 1.54) is 0 Å². The quantitative estimate of drug-likeness (QED) is 0.558. The zero-order chi connectivity index (χ0) is 24.1. The molecule has 12 heteroatoms. The van der Waals surface area contributed by atoms with Gasteiger partial charge in [0.1, 0.15) is 6.04 Å². The standard InChI is InChI=1S/C20H17F6NO4S/c21-19(22,23)13-8-12(9-14(11-13)20(24,25)26)10-17(28)27-16(18(29)30)6-7-32(31)15-4-2-1-3-5-15/h1-5,8-9,11,16H,6-7,10H2,(H,27,28)(H,29,30)/t16-,32+/m0/s1. The zero-order valence-corrected chi connectivity index (χ0v) is 17.0. The lowest BCUT2D eigenvalue weighted by molar-refractivity contribution is -0.143. The number of aliphatic carboxylic acids is 1. The molecule has 1 amide bonds. The van der Waals surface area contributed by atoms with Gasteiger partial charge in [0.05, 0.1) is 28.3 Å². The Bertz CT molecular complexity index is 960. The number of rotatable bonds is 8. The van der Waals surface area contributed by atoms with Crippen LogP contribution in [0.15, 0.2) is 53.4 Å². The molecule has 0 fully saturated rings. The molecular weight excluding hydrogens is 464 g/mol. The molecular formula is C20H17F6NO4S. The predicted molar refractivity (Wildman–Crippen MR) is 102 cm³/mol. The first-order valence-corrected chi connectivity index (χ1v) is 10.3. The molecule has 2 aromatic carbocycles. The summed E-state index contributed by atoms with van der Waals surface area (Å²) in [4.78, 5) is 24.0. The minimum absolute atomic E-state index is 0.0691. The number of hydrogen-bond acceptors (Lipinski definition) is 3. The topological polar surface area (TPSA) is 83.5 Å². The predicted octanol–water partition coefficient (Wildman–Crippen LogP) is 4.03. The molecule has 0 bridgehead atoms. The van der Waals surface area contributed by atoms with E-state index >= 15 is 0 Å². The number of hydrogen-bond donors (Lipinski definition) is 2. The van der Waals surface area contributed by atoms with Gasteiger partial charge >= 0.3 is 18.3 Å². The normalized spacial score (nSPS) is 13.9. The van der Waals surface area contributed by atoms with Crippen LogP contribution in [-0.2, 0) is 39.2 Å². The van der Waals surface area contributed by atoms with Gasteiger partial charge in [-0.2, -0.15) is 26.3 Å². The zero-order valence-electron chi connectivity index (χ0n) is 16.2. The summed E-state index contributed by atoms with van der Waals surface area (Å²) in [5, 5.41) is 11.3. The van der Waals surface area contributed by atoms with Crippen molar-refractivity contribution in [2.75, 3.05) is 5.75 Å². The number of carboxylic acid groups (broad SMARTS) is 1. The number of carbonyl (C=O) groups is 2. The smallest absolute Gasteiger partial charge is 0.416 e. The minimum Gasteiger partial charge on any atom is -0.480 e. The Hall–Kier alpha value is -2.89. The molecule has 0 aliphatic heterocycles. The van der Waals surface area contributed by atoms with Gasteiger partial charge in [-0.05, 0) is 42.3 Å². The van der Waals surface area contributed by atoms with E-state index in [4.69, 9.17) is 0 Å². The van der Waals surface area contributed by atoms with E-state index in [1.54, 1.807) is 30.3 Å². The average molecular weight is 481 g/mol. The van der Waals surface area contributed by atoms with E-state index in [9.17, 15) is 45.2 Å². The van der Waals surface area contributed by atoms with Crippen molar-refractivity contribution in [3.05, 3.63) is 65.2 Å². The third kappa shape index (κ3) is 7.36. The molecule has 0 aliphatic carbocycles. The molecule has 174 valence electrons. The summed E-state index contributed by atoms with van der Waals surface area (Å²) in [6, 6.07) is 7.29. The van der Waals surface area contributed by atoms with Gasteiger partial charge in [0.2, 0.25) is 5.91 Å². The van der Waals surface area contributed by atoms with Crippen LogP contribution in [0.5, 0.6) is 0 Å². The van der Waals surface area contributed by atoms with Crippen molar-refractivity contribution >= 4 is 22.7 Å². The first kappa shape index (κ1) is 25.4. The molecule has 32 heavy (non-hydrogen) atoms. The first-order chi connectivity index (χ1) is 14.8. The van der Waals surface area contributed by atoms with Crippen molar-refractivity contribution in [1.82, 2.24) is 5.32 Å². The Morgan fingerprint density at radius 2 is 1.47 bits per heavy atom. The molecule has 0 unspecified atom stereocenters. The van der Waals surface area contributed by atoms with Crippen molar-refractivity contribution < 1.29 is 45.2 Å². The van der Waals surface area contributed by atoms with Gasteiger partial charge in [-0.25, -0.2) is 4.79 Å². The lowest BCUT2D eigenvalue weighted by atomic mass is 10.0. The molecule has 0 aromatic heterocycles. The van der Waals surface area contributed by atoms with Crippen LogP contribution in [-0.4, -0.2) is 33.0 Å². The first-order valence-electron chi connectivity index (χ1n) is 9.01. The maximum atomic E-state index is 12.9. The van der Waals surface area contributed by atoms with Crippen LogP contribution in [0.3, 0.4) is 0 Å². The van der Waals surface area contributed by atoms with Gasteiger partial charge in [0.25, 0.3) is 0 Å². The summed E-state index contributed by atoms with van der Waals surface area (Å²) in [7, 11) is -1.56. The van der Waals surface area contributed by atoms with Crippen LogP contribution in [0.1, 0.15) is 23.1 Å². The van der Waals surface area contributed by atoms with Crippen LogP contribution in [0.4, 0.5) is 26.3 Å². The van der Waals surface area contributed by atoms with Crippen molar-refractivity contribution in [3.8, 4) is 0 Å². The fourth-order valence-corrected chi connectivity index (χ4v) is 3.87. The van der Waals surface area contributed by atoms with E-state index < -0.39 is 64.2 Å². The van der Waals surface area contributed by atoms with Crippen LogP contribution >= 0.6 is 0 Å². The highest BCUT2D eigenvalue weighted by Crippen LogP contribution is 2.36. The summed E-state index contributed by atoms with van der Waals surface area (Å²) >= 11 is 0. The Labute approximate surface area is 180 Å². The lowest BCUT2D eigenvalue weighted by Crippen LogP contribution is -2.42. The summed E-state index contributed by atoms with van der Waals surface area (Å²) < 4.78 is 89.8. The second-order valence-corrected chi connectivity index (χ2v) is 8.27. The highest BCUT2D eigenvalue weighted by Gasteiger charge is 2.37. The Morgan fingerprint density at radius 1 is 0.938 bits per heavy atom. The maximum absolute atomic E-state index is 12.9. The molecule has 2 N–H and O–H groups in total. The third-order valence-corrected chi connectivity index (χ3v) is 5.65. The molecule has 2 rings (SSSR count). The van der Waals surface area contributed by atoms with Crippen molar-refractivity contribution in [2.24, 2.45) is 0 Å². The largest absolute Gasteiger partial charge is 0.480 e. The number of halogens is 6. The number of alkyl halides is 6.